The van der Waals surface area contributed by atoms with Crippen molar-refractivity contribution in [2.75, 3.05) is 37.9 Å². The Balaban J connectivity index is 1.93. The zero-order valence-electron chi connectivity index (χ0n) is 15.9. The van der Waals surface area contributed by atoms with E-state index in [-0.39, 0.29) is 22.4 Å². The van der Waals surface area contributed by atoms with Gasteiger partial charge in [-0.05, 0) is 0 Å². The quantitative estimate of drug-likeness (QED) is 0.242. The lowest BCUT2D eigenvalue weighted by atomic mass is 10.1. The summed E-state index contributed by atoms with van der Waals surface area (Å²) in [6.45, 7) is 0.228. The fourth-order valence-electron chi connectivity index (χ4n) is 2.91. The second-order valence-electron chi connectivity index (χ2n) is 6.54. The Hall–Kier alpha value is -1.71. The summed E-state index contributed by atoms with van der Waals surface area (Å²) < 4.78 is 49.3. The van der Waals surface area contributed by atoms with E-state index in [2.05, 4.69) is 20.3 Å². The van der Waals surface area contributed by atoms with Crippen molar-refractivity contribution in [3.8, 4) is 0 Å². The van der Waals surface area contributed by atoms with E-state index in [1.54, 1.807) is 0 Å². The lowest BCUT2D eigenvalue weighted by Crippen LogP contribution is -2.33. The van der Waals surface area contributed by atoms with Gasteiger partial charge in [-0.15, -0.1) is 0 Å². The summed E-state index contributed by atoms with van der Waals surface area (Å²) in [7, 11) is 1.52. The van der Waals surface area contributed by atoms with Gasteiger partial charge in [0.1, 0.15) is 18.3 Å². The van der Waals surface area contributed by atoms with Gasteiger partial charge in [0.05, 0.1) is 26.0 Å². The van der Waals surface area contributed by atoms with Gasteiger partial charge in [0.2, 0.25) is 0 Å². The molecule has 3 rings (SSSR count). The Morgan fingerprint density at radius 2 is 2.07 bits per heavy atom. The average molecular weight is 453 g/mol. The molecular formula is C16H22F3N5O5S. The molecule has 1 saturated heterocycles. The number of hydrogen-bond donors (Lipinski definition) is 4. The molecule has 2 aromatic rings. The number of anilines is 1. The number of methoxy groups -OCH3 is 1. The second-order valence-corrected chi connectivity index (χ2v) is 7.60. The molecule has 0 radical (unpaired) electrons. The van der Waals surface area contributed by atoms with E-state index < -0.39 is 43.7 Å². The minimum absolute atomic E-state index is 0.0835. The highest BCUT2D eigenvalue weighted by Gasteiger charge is 2.44. The fraction of sp³-hybridized carbons (Fsp3) is 0.688. The number of fused-ring (bicyclic) bond motifs is 1. The molecule has 0 aliphatic carbocycles. The van der Waals surface area contributed by atoms with Crippen molar-refractivity contribution in [1.29, 1.82) is 0 Å². The maximum atomic E-state index is 12.5. The Morgan fingerprint density at radius 3 is 2.70 bits per heavy atom. The molecule has 10 nitrogen and oxygen atoms in total. The lowest BCUT2D eigenvalue weighted by molar-refractivity contribution is -0.129. The van der Waals surface area contributed by atoms with Crippen LogP contribution in [0.3, 0.4) is 0 Å². The highest BCUT2D eigenvalue weighted by molar-refractivity contribution is 7.99. The monoisotopic (exact) mass is 453 g/mol. The molecule has 1 fully saturated rings. The van der Waals surface area contributed by atoms with Crippen LogP contribution in [0.4, 0.5) is 19.0 Å². The Labute approximate surface area is 173 Å². The number of nitrogens with zero attached hydrogens (tertiary/aromatic N) is 4. The van der Waals surface area contributed by atoms with E-state index in [4.69, 9.17) is 9.47 Å². The summed E-state index contributed by atoms with van der Waals surface area (Å²) in [5.74, 6) is 0.0196. The molecule has 168 valence electrons. The van der Waals surface area contributed by atoms with Crippen molar-refractivity contribution in [1.82, 2.24) is 19.5 Å². The first kappa shape index (κ1) is 23.0. The maximum Gasteiger partial charge on any atom is 0.389 e. The third-order valence-electron chi connectivity index (χ3n) is 4.41. The molecule has 3 heterocycles. The van der Waals surface area contributed by atoms with Crippen molar-refractivity contribution in [3.05, 3.63) is 6.33 Å². The third-order valence-corrected chi connectivity index (χ3v) is 5.26. The number of rotatable bonds is 9. The Morgan fingerprint density at radius 1 is 1.30 bits per heavy atom. The fourth-order valence-corrected chi connectivity index (χ4v) is 3.73. The second kappa shape index (κ2) is 9.62. The highest BCUT2D eigenvalue weighted by Crippen LogP contribution is 2.33. The number of thioether (sulfide) groups is 1. The van der Waals surface area contributed by atoms with Crippen LogP contribution in [0.1, 0.15) is 12.6 Å². The van der Waals surface area contributed by atoms with Crippen molar-refractivity contribution in [2.24, 2.45) is 0 Å². The number of ether oxygens (including phenoxy) is 2. The van der Waals surface area contributed by atoms with Crippen LogP contribution >= 0.6 is 11.8 Å². The van der Waals surface area contributed by atoms with Crippen LogP contribution in [0.15, 0.2) is 11.5 Å². The summed E-state index contributed by atoms with van der Waals surface area (Å²) in [5, 5.41) is 32.7. The van der Waals surface area contributed by atoms with Crippen LogP contribution in [0.25, 0.3) is 11.2 Å². The van der Waals surface area contributed by atoms with Crippen molar-refractivity contribution >= 4 is 28.7 Å². The van der Waals surface area contributed by atoms with Crippen LogP contribution in [0.5, 0.6) is 0 Å². The number of hydrogen-bond acceptors (Lipinski definition) is 10. The molecule has 4 atom stereocenters. The zero-order valence-corrected chi connectivity index (χ0v) is 16.7. The van der Waals surface area contributed by atoms with Gasteiger partial charge in [0, 0.05) is 19.4 Å². The van der Waals surface area contributed by atoms with Crippen molar-refractivity contribution in [3.63, 3.8) is 0 Å². The number of aliphatic hydroxyl groups is 3. The molecule has 0 bridgehead atoms. The number of alkyl halides is 3. The van der Waals surface area contributed by atoms with E-state index >= 15 is 0 Å². The molecule has 1 aliphatic rings. The molecule has 1 aliphatic heterocycles. The normalized spacial score (nSPS) is 24.6. The smallest absolute Gasteiger partial charge is 0.389 e. The van der Waals surface area contributed by atoms with Gasteiger partial charge in [-0.2, -0.15) is 13.2 Å². The SMILES string of the molecule is COCCNc1nc(SCCC(F)(F)F)nc2c1ncn2[C@@H]1O[C@H](CO)C(O)C1O. The predicted molar refractivity (Wildman–Crippen MR) is 100 cm³/mol. The largest absolute Gasteiger partial charge is 0.394 e. The number of aliphatic hydroxyl groups excluding tert-OH is 3. The number of nitrogens with one attached hydrogen (secondary N) is 1. The molecule has 2 unspecified atom stereocenters. The summed E-state index contributed by atoms with van der Waals surface area (Å²) >= 11 is 0.829. The maximum absolute atomic E-state index is 12.5. The lowest BCUT2D eigenvalue weighted by Gasteiger charge is -2.17. The molecule has 0 aromatic carbocycles. The van der Waals surface area contributed by atoms with Gasteiger partial charge in [-0.1, -0.05) is 11.8 Å². The van der Waals surface area contributed by atoms with Gasteiger partial charge in [-0.25, -0.2) is 15.0 Å². The number of halogens is 3. The first-order valence-corrected chi connectivity index (χ1v) is 10.0. The predicted octanol–water partition coefficient (Wildman–Crippen LogP) is 0.541. The molecule has 30 heavy (non-hydrogen) atoms. The standard InChI is InChI=1S/C16H22F3N5O5S/c1-28-4-3-20-12-9-13(23-15(22-12)30-5-2-16(17,18)19)24(7-21-9)14-11(27)10(26)8(6-25)29-14/h7-8,10-11,14,25-27H,2-6H2,1H3,(H,20,22,23)/t8-,10?,11?,14-/m1/s1. The highest BCUT2D eigenvalue weighted by atomic mass is 32.2. The van der Waals surface area contributed by atoms with Crippen LogP contribution in [-0.2, 0) is 9.47 Å². The molecule has 2 aromatic heterocycles. The Bertz CT molecular complexity index is 855. The average Bonchev–Trinajstić information content (AvgIpc) is 3.22. The Kier molecular flexibility index (Phi) is 7.36. The van der Waals surface area contributed by atoms with Gasteiger partial charge in [-0.3, -0.25) is 4.57 Å². The first-order valence-electron chi connectivity index (χ1n) is 9.04. The van der Waals surface area contributed by atoms with Crippen LogP contribution in [0.2, 0.25) is 0 Å². The van der Waals surface area contributed by atoms with E-state index in [0.717, 1.165) is 11.8 Å². The summed E-state index contributed by atoms with van der Waals surface area (Å²) in [5.41, 5.74) is 0.512. The summed E-state index contributed by atoms with van der Waals surface area (Å²) in [4.78, 5) is 12.7. The third kappa shape index (κ3) is 5.12. The molecule has 4 N–H and O–H groups in total. The molecular weight excluding hydrogens is 431 g/mol. The molecule has 0 spiro atoms. The minimum Gasteiger partial charge on any atom is -0.394 e. The zero-order chi connectivity index (χ0) is 21.9. The van der Waals surface area contributed by atoms with Gasteiger partial charge < -0.3 is 30.1 Å². The number of aromatic nitrogens is 4. The van der Waals surface area contributed by atoms with Crippen LogP contribution < -0.4 is 5.32 Å². The number of imidazole rings is 1. The summed E-state index contributed by atoms with van der Waals surface area (Å²) in [6.07, 6.45) is -8.73. The first-order chi connectivity index (χ1) is 14.2. The summed E-state index contributed by atoms with van der Waals surface area (Å²) in [6, 6.07) is 0. The van der Waals surface area contributed by atoms with E-state index in [0.29, 0.717) is 18.7 Å². The molecule has 0 amide bonds. The minimum atomic E-state index is -4.30. The van der Waals surface area contributed by atoms with Crippen LogP contribution in [-0.4, -0.2) is 91.9 Å². The van der Waals surface area contributed by atoms with Crippen LogP contribution in [0, 0.1) is 0 Å². The van der Waals surface area contributed by atoms with E-state index in [1.165, 1.54) is 18.0 Å². The van der Waals surface area contributed by atoms with E-state index in [9.17, 15) is 28.5 Å². The molecule has 0 saturated carbocycles. The van der Waals surface area contributed by atoms with Gasteiger partial charge in [0.15, 0.2) is 28.4 Å². The van der Waals surface area contributed by atoms with E-state index in [1.807, 2.05) is 0 Å². The van der Waals surface area contributed by atoms with Gasteiger partial charge >= 0.3 is 6.18 Å². The van der Waals surface area contributed by atoms with Crippen molar-refractivity contribution < 1.29 is 38.0 Å². The van der Waals surface area contributed by atoms with Crippen molar-refractivity contribution in [2.45, 2.75) is 42.3 Å². The topological polar surface area (TPSA) is 135 Å². The molecule has 14 heteroatoms. The van der Waals surface area contributed by atoms with Gasteiger partial charge in [0.25, 0.3) is 0 Å².